The molecule has 1 aliphatic heterocycles. The molecule has 2 rings (SSSR count). The summed E-state index contributed by atoms with van der Waals surface area (Å²) in [7, 11) is 1.58. The van der Waals surface area contributed by atoms with Gasteiger partial charge in [-0.15, -0.1) is 12.4 Å². The molecule has 0 radical (unpaired) electrons. The molecule has 0 aromatic carbocycles. The molecule has 0 bridgehead atoms. The summed E-state index contributed by atoms with van der Waals surface area (Å²) in [5.41, 5.74) is 5.56. The van der Waals surface area contributed by atoms with Crippen molar-refractivity contribution in [2.75, 3.05) is 39.8 Å². The molecule has 2 amide bonds. The van der Waals surface area contributed by atoms with E-state index in [4.69, 9.17) is 10.5 Å². The van der Waals surface area contributed by atoms with E-state index in [-0.39, 0.29) is 30.3 Å². The summed E-state index contributed by atoms with van der Waals surface area (Å²) in [5, 5.41) is 0. The Kier molecular flexibility index (Phi) is 9.63. The molecule has 1 saturated carbocycles. The van der Waals surface area contributed by atoms with Crippen LogP contribution in [0.3, 0.4) is 0 Å². The van der Waals surface area contributed by atoms with Crippen molar-refractivity contribution in [3.63, 3.8) is 0 Å². The van der Waals surface area contributed by atoms with Crippen LogP contribution in [0.2, 0.25) is 0 Å². The SMILES string of the molecule is COC(CN)CC(=O)N1CCN(C(=O)CCC2CCCC2)CC1.Cl. The van der Waals surface area contributed by atoms with Crippen LogP contribution >= 0.6 is 12.4 Å². The van der Waals surface area contributed by atoms with Gasteiger partial charge in [0.25, 0.3) is 0 Å². The molecule has 0 aromatic heterocycles. The number of carbonyl (C=O) groups is 2. The van der Waals surface area contributed by atoms with Gasteiger partial charge >= 0.3 is 0 Å². The Balaban J connectivity index is 0.00000288. The van der Waals surface area contributed by atoms with Gasteiger partial charge in [-0.05, 0) is 12.3 Å². The number of hydrogen-bond donors (Lipinski definition) is 1. The van der Waals surface area contributed by atoms with E-state index < -0.39 is 0 Å². The van der Waals surface area contributed by atoms with Crippen LogP contribution in [0.4, 0.5) is 0 Å². The van der Waals surface area contributed by atoms with Crippen molar-refractivity contribution in [3.05, 3.63) is 0 Å². The molecule has 24 heavy (non-hydrogen) atoms. The number of nitrogens with zero attached hydrogens (tertiary/aromatic N) is 2. The van der Waals surface area contributed by atoms with Crippen LogP contribution in [0.25, 0.3) is 0 Å². The normalized spacial score (nSPS) is 19.9. The predicted molar refractivity (Wildman–Crippen MR) is 96.1 cm³/mol. The lowest BCUT2D eigenvalue weighted by Crippen LogP contribution is -2.51. The van der Waals surface area contributed by atoms with Gasteiger partial charge in [0.2, 0.25) is 11.8 Å². The van der Waals surface area contributed by atoms with Gasteiger partial charge in [-0.1, -0.05) is 25.7 Å². The third kappa shape index (κ3) is 6.22. The van der Waals surface area contributed by atoms with Gasteiger partial charge in [0.05, 0.1) is 12.5 Å². The molecule has 1 saturated heterocycles. The Morgan fingerprint density at radius 1 is 1.08 bits per heavy atom. The highest BCUT2D eigenvalue weighted by Crippen LogP contribution is 2.28. The van der Waals surface area contributed by atoms with Crippen LogP contribution in [0.15, 0.2) is 0 Å². The fourth-order valence-electron chi connectivity index (χ4n) is 3.58. The zero-order valence-electron chi connectivity index (χ0n) is 14.7. The van der Waals surface area contributed by atoms with Crippen molar-refractivity contribution < 1.29 is 14.3 Å². The maximum Gasteiger partial charge on any atom is 0.225 e. The second-order valence-corrected chi connectivity index (χ2v) is 6.75. The minimum absolute atomic E-state index is 0. The van der Waals surface area contributed by atoms with Crippen molar-refractivity contribution in [1.29, 1.82) is 0 Å². The van der Waals surface area contributed by atoms with Crippen molar-refractivity contribution in [1.82, 2.24) is 9.80 Å². The number of methoxy groups -OCH3 is 1. The molecule has 2 N–H and O–H groups in total. The first-order valence-corrected chi connectivity index (χ1v) is 8.92. The molecule has 140 valence electrons. The predicted octanol–water partition coefficient (Wildman–Crippen LogP) is 1.41. The maximum absolute atomic E-state index is 12.3. The molecule has 0 aromatic rings. The Bertz CT molecular complexity index is 391. The quantitative estimate of drug-likeness (QED) is 0.744. The van der Waals surface area contributed by atoms with Crippen LogP contribution in [0.5, 0.6) is 0 Å². The van der Waals surface area contributed by atoms with E-state index in [9.17, 15) is 9.59 Å². The summed E-state index contributed by atoms with van der Waals surface area (Å²) in [4.78, 5) is 28.2. The van der Waals surface area contributed by atoms with Crippen molar-refractivity contribution >= 4 is 24.2 Å². The fraction of sp³-hybridized carbons (Fsp3) is 0.882. The van der Waals surface area contributed by atoms with E-state index >= 15 is 0 Å². The van der Waals surface area contributed by atoms with Gasteiger partial charge in [-0.25, -0.2) is 0 Å². The molecule has 1 aliphatic carbocycles. The van der Waals surface area contributed by atoms with Crippen molar-refractivity contribution in [2.45, 2.75) is 51.0 Å². The number of amides is 2. The molecular weight excluding hydrogens is 330 g/mol. The standard InChI is InChI=1S/C17H31N3O3.ClH/c1-23-15(13-18)12-17(22)20-10-8-19(9-11-20)16(21)7-6-14-4-2-3-5-14;/h14-15H,2-13,18H2,1H3;1H. The Morgan fingerprint density at radius 2 is 1.62 bits per heavy atom. The lowest BCUT2D eigenvalue weighted by Gasteiger charge is -2.35. The van der Waals surface area contributed by atoms with E-state index in [0.29, 0.717) is 45.6 Å². The highest BCUT2D eigenvalue weighted by Gasteiger charge is 2.26. The molecule has 1 heterocycles. The number of piperazine rings is 1. The summed E-state index contributed by atoms with van der Waals surface area (Å²) in [5.74, 6) is 1.07. The number of carbonyl (C=O) groups excluding carboxylic acids is 2. The molecule has 0 spiro atoms. The van der Waals surface area contributed by atoms with Gasteiger partial charge in [0.15, 0.2) is 0 Å². The third-order valence-corrected chi connectivity index (χ3v) is 5.22. The second kappa shape index (κ2) is 10.9. The van der Waals surface area contributed by atoms with Gasteiger partial charge in [0, 0.05) is 46.3 Å². The second-order valence-electron chi connectivity index (χ2n) is 6.75. The number of ether oxygens (including phenoxy) is 1. The van der Waals surface area contributed by atoms with E-state index in [1.807, 2.05) is 9.80 Å². The van der Waals surface area contributed by atoms with Crippen LogP contribution in [-0.4, -0.2) is 67.6 Å². The van der Waals surface area contributed by atoms with E-state index in [0.717, 1.165) is 12.3 Å². The summed E-state index contributed by atoms with van der Waals surface area (Å²) < 4.78 is 5.16. The zero-order valence-corrected chi connectivity index (χ0v) is 15.6. The number of rotatable bonds is 7. The molecule has 6 nitrogen and oxygen atoms in total. The largest absolute Gasteiger partial charge is 0.380 e. The molecule has 2 fully saturated rings. The van der Waals surface area contributed by atoms with Crippen molar-refractivity contribution in [2.24, 2.45) is 11.7 Å². The minimum Gasteiger partial charge on any atom is -0.380 e. The summed E-state index contributed by atoms with van der Waals surface area (Å²) in [6, 6.07) is 0. The molecule has 7 heteroatoms. The lowest BCUT2D eigenvalue weighted by atomic mass is 10.0. The third-order valence-electron chi connectivity index (χ3n) is 5.22. The number of nitrogens with two attached hydrogens (primary N) is 1. The zero-order chi connectivity index (χ0) is 16.7. The molecular formula is C17H32ClN3O3. The van der Waals surface area contributed by atoms with Gasteiger partial charge in [0.1, 0.15) is 0 Å². The van der Waals surface area contributed by atoms with E-state index in [1.54, 1.807) is 7.11 Å². The summed E-state index contributed by atoms with van der Waals surface area (Å²) in [6.45, 7) is 2.89. The Hall–Kier alpha value is -0.850. The first-order valence-electron chi connectivity index (χ1n) is 8.92. The van der Waals surface area contributed by atoms with Crippen LogP contribution in [0.1, 0.15) is 44.9 Å². The average molecular weight is 362 g/mol. The first kappa shape index (κ1) is 21.2. The number of halogens is 1. The monoisotopic (exact) mass is 361 g/mol. The lowest BCUT2D eigenvalue weighted by molar-refractivity contribution is -0.141. The molecule has 1 atom stereocenters. The fourth-order valence-corrected chi connectivity index (χ4v) is 3.58. The van der Waals surface area contributed by atoms with E-state index in [1.165, 1.54) is 25.7 Å². The molecule has 2 aliphatic rings. The summed E-state index contributed by atoms with van der Waals surface area (Å²) >= 11 is 0. The van der Waals surface area contributed by atoms with E-state index in [2.05, 4.69) is 0 Å². The summed E-state index contributed by atoms with van der Waals surface area (Å²) in [6.07, 6.45) is 7.03. The minimum atomic E-state index is -0.214. The van der Waals surface area contributed by atoms with Crippen LogP contribution in [-0.2, 0) is 14.3 Å². The highest BCUT2D eigenvalue weighted by atomic mass is 35.5. The topological polar surface area (TPSA) is 75.9 Å². The van der Waals surface area contributed by atoms with Gasteiger partial charge in [-0.3, -0.25) is 9.59 Å². The Labute approximate surface area is 151 Å². The van der Waals surface area contributed by atoms with Crippen LogP contribution < -0.4 is 5.73 Å². The van der Waals surface area contributed by atoms with Gasteiger partial charge < -0.3 is 20.3 Å². The highest BCUT2D eigenvalue weighted by molar-refractivity contribution is 5.85. The van der Waals surface area contributed by atoms with Crippen molar-refractivity contribution in [3.8, 4) is 0 Å². The maximum atomic E-state index is 12.3. The first-order chi connectivity index (χ1) is 11.1. The van der Waals surface area contributed by atoms with Gasteiger partial charge in [-0.2, -0.15) is 0 Å². The van der Waals surface area contributed by atoms with Crippen LogP contribution in [0, 0.1) is 5.92 Å². The number of hydrogen-bond acceptors (Lipinski definition) is 4. The molecule has 1 unspecified atom stereocenters. The average Bonchev–Trinajstić information content (AvgIpc) is 3.11. The Morgan fingerprint density at radius 3 is 2.12 bits per heavy atom. The smallest absolute Gasteiger partial charge is 0.225 e.